The van der Waals surface area contributed by atoms with Crippen molar-refractivity contribution in [2.24, 2.45) is 0 Å². The summed E-state index contributed by atoms with van der Waals surface area (Å²) in [6.07, 6.45) is 0.900. The van der Waals surface area contributed by atoms with Gasteiger partial charge in [-0.05, 0) is 36.9 Å². The molecule has 0 saturated heterocycles. The summed E-state index contributed by atoms with van der Waals surface area (Å²) in [5.41, 5.74) is 2.77. The van der Waals surface area contributed by atoms with E-state index in [0.717, 1.165) is 41.2 Å². The number of ether oxygens (including phenoxy) is 2. The number of nitrogens with one attached hydrogen (secondary N) is 1. The molecule has 5 heteroatoms. The van der Waals surface area contributed by atoms with Crippen molar-refractivity contribution in [1.82, 2.24) is 5.32 Å². The molecule has 1 N–H and O–H groups in total. The Morgan fingerprint density at radius 1 is 1.36 bits per heavy atom. The summed E-state index contributed by atoms with van der Waals surface area (Å²) in [4.78, 5) is 0. The van der Waals surface area contributed by atoms with E-state index in [0.29, 0.717) is 0 Å². The van der Waals surface area contributed by atoms with E-state index in [-0.39, 0.29) is 11.1 Å². The van der Waals surface area contributed by atoms with Crippen molar-refractivity contribution in [2.45, 2.75) is 12.5 Å². The Morgan fingerprint density at radius 3 is 2.86 bits per heavy atom. The second-order valence-corrected chi connectivity index (χ2v) is 5.70. The Balaban J connectivity index is 2.08. The molecule has 22 heavy (non-hydrogen) atoms. The van der Waals surface area contributed by atoms with Gasteiger partial charge in [0, 0.05) is 24.1 Å². The zero-order valence-corrected chi connectivity index (χ0v) is 13.2. The van der Waals surface area contributed by atoms with Crippen LogP contribution in [0, 0.1) is 5.82 Å². The highest BCUT2D eigenvalue weighted by molar-refractivity contribution is 6.31. The fourth-order valence-electron chi connectivity index (χ4n) is 2.74. The summed E-state index contributed by atoms with van der Waals surface area (Å²) in [6, 6.07) is 8.55. The first-order valence-electron chi connectivity index (χ1n) is 7.10. The van der Waals surface area contributed by atoms with Crippen LogP contribution in [-0.2, 0) is 6.42 Å². The van der Waals surface area contributed by atoms with Gasteiger partial charge in [-0.3, -0.25) is 0 Å². The van der Waals surface area contributed by atoms with Crippen LogP contribution >= 0.6 is 11.6 Å². The van der Waals surface area contributed by atoms with Crippen molar-refractivity contribution in [1.29, 1.82) is 0 Å². The van der Waals surface area contributed by atoms with Gasteiger partial charge >= 0.3 is 0 Å². The topological polar surface area (TPSA) is 30.5 Å². The van der Waals surface area contributed by atoms with Gasteiger partial charge < -0.3 is 14.8 Å². The van der Waals surface area contributed by atoms with Crippen LogP contribution in [-0.4, -0.2) is 26.8 Å². The van der Waals surface area contributed by atoms with Crippen LogP contribution < -0.4 is 14.8 Å². The van der Waals surface area contributed by atoms with Gasteiger partial charge in [0.25, 0.3) is 0 Å². The van der Waals surface area contributed by atoms with Gasteiger partial charge in [-0.25, -0.2) is 4.39 Å². The highest BCUT2D eigenvalue weighted by Crippen LogP contribution is 2.42. The predicted octanol–water partition coefficient (Wildman–Crippen LogP) is 3.68. The quantitative estimate of drug-likeness (QED) is 0.932. The van der Waals surface area contributed by atoms with Crippen LogP contribution in [0.2, 0.25) is 5.02 Å². The number of likely N-dealkylation sites (N-methyl/N-ethyl adjacent to an activating group) is 1. The largest absolute Gasteiger partial charge is 0.497 e. The molecule has 0 bridgehead atoms. The highest BCUT2D eigenvalue weighted by atomic mass is 35.5. The maximum absolute atomic E-state index is 13.4. The van der Waals surface area contributed by atoms with Crippen LogP contribution in [0.5, 0.6) is 11.5 Å². The van der Waals surface area contributed by atoms with Crippen molar-refractivity contribution < 1.29 is 13.9 Å². The molecular formula is C17H17ClFNO2. The van der Waals surface area contributed by atoms with Gasteiger partial charge in [-0.15, -0.1) is 0 Å². The van der Waals surface area contributed by atoms with Crippen LogP contribution in [0.1, 0.15) is 5.56 Å². The number of benzene rings is 2. The molecule has 2 aromatic carbocycles. The van der Waals surface area contributed by atoms with E-state index >= 15 is 0 Å². The monoisotopic (exact) mass is 321 g/mol. The molecule has 0 saturated carbocycles. The molecule has 3 rings (SSSR count). The minimum atomic E-state index is -0.432. The second kappa shape index (κ2) is 6.15. The lowest BCUT2D eigenvalue weighted by Gasteiger charge is -2.13. The number of halogens is 2. The fourth-order valence-corrected chi connectivity index (χ4v) is 2.92. The summed E-state index contributed by atoms with van der Waals surface area (Å²) in [6.45, 7) is 0.764. The van der Waals surface area contributed by atoms with E-state index < -0.39 is 5.82 Å². The van der Waals surface area contributed by atoms with Gasteiger partial charge in [0.15, 0.2) is 0 Å². The summed E-state index contributed by atoms with van der Waals surface area (Å²) in [5, 5.41) is 3.22. The van der Waals surface area contributed by atoms with Gasteiger partial charge in [0.05, 0.1) is 12.1 Å². The third kappa shape index (κ3) is 2.76. The first-order chi connectivity index (χ1) is 10.6. The molecule has 2 aromatic rings. The number of rotatable bonds is 4. The number of methoxy groups -OCH3 is 1. The van der Waals surface area contributed by atoms with Crippen molar-refractivity contribution in [3.8, 4) is 22.6 Å². The lowest BCUT2D eigenvalue weighted by atomic mass is 10.00. The van der Waals surface area contributed by atoms with Gasteiger partial charge in [-0.1, -0.05) is 17.7 Å². The van der Waals surface area contributed by atoms with E-state index in [4.69, 9.17) is 21.1 Å². The zero-order chi connectivity index (χ0) is 15.7. The molecule has 1 aliphatic heterocycles. The average Bonchev–Trinajstić information content (AvgIpc) is 2.91. The van der Waals surface area contributed by atoms with Crippen LogP contribution in [0.15, 0.2) is 30.3 Å². The fraction of sp³-hybridized carbons (Fsp3) is 0.294. The van der Waals surface area contributed by atoms with E-state index in [1.165, 1.54) is 6.07 Å². The molecule has 0 fully saturated rings. The molecule has 0 aliphatic carbocycles. The molecule has 0 amide bonds. The third-order valence-electron chi connectivity index (χ3n) is 3.77. The third-order valence-corrected chi connectivity index (χ3v) is 4.06. The highest BCUT2D eigenvalue weighted by Gasteiger charge is 2.26. The standard InChI is InChI=1S/C17H17ClFNO2/c1-20-9-13-6-11-5-12(21-2)8-14(17(11)22-13)10-3-4-16(19)15(18)7-10/h3-5,7-8,13,20H,6,9H2,1-2H3. The van der Waals surface area contributed by atoms with E-state index in [2.05, 4.69) is 5.32 Å². The Kier molecular flexibility index (Phi) is 4.23. The Morgan fingerprint density at radius 2 is 2.18 bits per heavy atom. The maximum Gasteiger partial charge on any atom is 0.141 e. The van der Waals surface area contributed by atoms with Gasteiger partial charge in [0.1, 0.15) is 23.4 Å². The summed E-state index contributed by atoms with van der Waals surface area (Å²) in [5.74, 6) is 1.14. The average molecular weight is 322 g/mol. The molecule has 1 atom stereocenters. The van der Waals surface area contributed by atoms with Crippen molar-refractivity contribution in [2.75, 3.05) is 20.7 Å². The van der Waals surface area contributed by atoms with Crippen LogP contribution in [0.4, 0.5) is 4.39 Å². The number of hydrogen-bond acceptors (Lipinski definition) is 3. The minimum absolute atomic E-state index is 0.0850. The Hall–Kier alpha value is -1.78. The van der Waals surface area contributed by atoms with Crippen LogP contribution in [0.25, 0.3) is 11.1 Å². The summed E-state index contributed by atoms with van der Waals surface area (Å²) in [7, 11) is 3.53. The lowest BCUT2D eigenvalue weighted by molar-refractivity contribution is 0.232. The Bertz CT molecular complexity index is 705. The molecule has 0 aromatic heterocycles. The molecule has 1 unspecified atom stereocenters. The van der Waals surface area contributed by atoms with Crippen molar-refractivity contribution in [3.63, 3.8) is 0 Å². The summed E-state index contributed by atoms with van der Waals surface area (Å²) >= 11 is 5.91. The van der Waals surface area contributed by atoms with Crippen molar-refractivity contribution >= 4 is 11.6 Å². The minimum Gasteiger partial charge on any atom is -0.497 e. The number of hydrogen-bond donors (Lipinski definition) is 1. The maximum atomic E-state index is 13.4. The molecule has 3 nitrogen and oxygen atoms in total. The molecule has 116 valence electrons. The smallest absolute Gasteiger partial charge is 0.141 e. The molecule has 1 aliphatic rings. The van der Waals surface area contributed by atoms with Gasteiger partial charge in [0.2, 0.25) is 0 Å². The van der Waals surface area contributed by atoms with Crippen molar-refractivity contribution in [3.05, 3.63) is 46.7 Å². The SMILES string of the molecule is CNCC1Cc2cc(OC)cc(-c3ccc(F)c(Cl)c3)c2O1. The van der Waals surface area contributed by atoms with E-state index in [9.17, 15) is 4.39 Å². The van der Waals surface area contributed by atoms with Crippen LogP contribution in [0.3, 0.4) is 0 Å². The zero-order valence-electron chi connectivity index (χ0n) is 12.5. The lowest BCUT2D eigenvalue weighted by Crippen LogP contribution is -2.27. The second-order valence-electron chi connectivity index (χ2n) is 5.29. The first kappa shape index (κ1) is 15.1. The van der Waals surface area contributed by atoms with E-state index in [1.807, 2.05) is 19.2 Å². The molecule has 0 radical (unpaired) electrons. The molecule has 0 spiro atoms. The molecular weight excluding hydrogens is 305 g/mol. The first-order valence-corrected chi connectivity index (χ1v) is 7.47. The Labute approximate surface area is 134 Å². The van der Waals surface area contributed by atoms with E-state index in [1.54, 1.807) is 19.2 Å². The normalized spacial score (nSPS) is 16.3. The number of fused-ring (bicyclic) bond motifs is 1. The predicted molar refractivity (Wildman–Crippen MR) is 85.4 cm³/mol. The van der Waals surface area contributed by atoms with Gasteiger partial charge in [-0.2, -0.15) is 0 Å². The summed E-state index contributed by atoms with van der Waals surface area (Å²) < 4.78 is 24.8. The molecule has 1 heterocycles.